The van der Waals surface area contributed by atoms with Gasteiger partial charge in [-0.05, 0) is 32.0 Å². The molecular weight excluding hydrogens is 257 g/mol. The summed E-state index contributed by atoms with van der Waals surface area (Å²) in [7, 11) is 0. The molecule has 0 atom stereocenters. The van der Waals surface area contributed by atoms with Gasteiger partial charge in [0.05, 0.1) is 10.7 Å². The standard InChI is InChI=1S/C12H13ClFN3O/c1-3-17-12(11(15)7(2)16-17)18-10-5-4-8(14)6-9(10)13/h4-6H,3,15H2,1-2H3. The van der Waals surface area contributed by atoms with Crippen molar-refractivity contribution in [1.29, 1.82) is 0 Å². The van der Waals surface area contributed by atoms with Crippen molar-refractivity contribution in [1.82, 2.24) is 9.78 Å². The number of nitrogen functional groups attached to an aromatic ring is 1. The first-order valence-corrected chi connectivity index (χ1v) is 5.86. The van der Waals surface area contributed by atoms with Crippen LogP contribution in [0.3, 0.4) is 0 Å². The first kappa shape index (κ1) is 12.7. The summed E-state index contributed by atoms with van der Waals surface area (Å²) in [6, 6.07) is 3.92. The van der Waals surface area contributed by atoms with E-state index in [0.29, 0.717) is 29.6 Å². The maximum Gasteiger partial charge on any atom is 0.241 e. The minimum absolute atomic E-state index is 0.191. The second kappa shape index (κ2) is 4.86. The van der Waals surface area contributed by atoms with E-state index in [-0.39, 0.29) is 5.02 Å². The molecular formula is C12H13ClFN3O. The second-order valence-electron chi connectivity index (χ2n) is 3.80. The van der Waals surface area contributed by atoms with E-state index in [1.807, 2.05) is 6.92 Å². The molecule has 0 aliphatic heterocycles. The number of nitrogens with zero attached hydrogens (tertiary/aromatic N) is 2. The van der Waals surface area contributed by atoms with Crippen LogP contribution in [0.1, 0.15) is 12.6 Å². The monoisotopic (exact) mass is 269 g/mol. The molecule has 0 spiro atoms. The molecule has 0 unspecified atom stereocenters. The van der Waals surface area contributed by atoms with Gasteiger partial charge in [-0.3, -0.25) is 0 Å². The molecule has 1 heterocycles. The van der Waals surface area contributed by atoms with Gasteiger partial charge in [0, 0.05) is 6.54 Å². The topological polar surface area (TPSA) is 53.1 Å². The Kier molecular flexibility index (Phi) is 3.43. The van der Waals surface area contributed by atoms with Gasteiger partial charge in [-0.2, -0.15) is 5.10 Å². The van der Waals surface area contributed by atoms with E-state index in [1.165, 1.54) is 18.2 Å². The van der Waals surface area contributed by atoms with Gasteiger partial charge in [0.15, 0.2) is 0 Å². The van der Waals surface area contributed by atoms with Gasteiger partial charge in [0.1, 0.15) is 17.3 Å². The van der Waals surface area contributed by atoms with Gasteiger partial charge in [-0.15, -0.1) is 0 Å². The smallest absolute Gasteiger partial charge is 0.241 e. The molecule has 2 N–H and O–H groups in total. The Labute approximate surface area is 109 Å². The van der Waals surface area contributed by atoms with Gasteiger partial charge in [0.2, 0.25) is 5.88 Å². The molecule has 2 rings (SSSR count). The maximum absolute atomic E-state index is 12.9. The van der Waals surface area contributed by atoms with Crippen LogP contribution >= 0.6 is 11.6 Å². The Morgan fingerprint density at radius 1 is 1.50 bits per heavy atom. The quantitative estimate of drug-likeness (QED) is 0.929. The first-order valence-electron chi connectivity index (χ1n) is 5.48. The third-order valence-corrected chi connectivity index (χ3v) is 2.82. The third-order valence-electron chi connectivity index (χ3n) is 2.53. The zero-order valence-corrected chi connectivity index (χ0v) is 10.8. The van der Waals surface area contributed by atoms with Crippen molar-refractivity contribution in [2.45, 2.75) is 20.4 Å². The minimum Gasteiger partial charge on any atom is -0.436 e. The van der Waals surface area contributed by atoms with Crippen LogP contribution in [0.25, 0.3) is 0 Å². The Morgan fingerprint density at radius 2 is 2.22 bits per heavy atom. The molecule has 96 valence electrons. The van der Waals surface area contributed by atoms with Crippen LogP contribution in [0.5, 0.6) is 11.6 Å². The molecule has 0 saturated heterocycles. The Balaban J connectivity index is 2.39. The number of nitrogens with two attached hydrogens (primary N) is 1. The largest absolute Gasteiger partial charge is 0.436 e. The predicted molar refractivity (Wildman–Crippen MR) is 68.5 cm³/mol. The summed E-state index contributed by atoms with van der Waals surface area (Å²) in [5, 5.41) is 4.41. The lowest BCUT2D eigenvalue weighted by atomic mass is 10.3. The molecule has 1 aromatic heterocycles. The summed E-state index contributed by atoms with van der Waals surface area (Å²) in [6.07, 6.45) is 0. The molecule has 18 heavy (non-hydrogen) atoms. The number of hydrogen-bond acceptors (Lipinski definition) is 3. The number of aromatic nitrogens is 2. The van der Waals surface area contributed by atoms with Crippen LogP contribution in [0, 0.1) is 12.7 Å². The predicted octanol–water partition coefficient (Wildman–Crippen LogP) is 3.38. The summed E-state index contributed by atoms with van der Waals surface area (Å²) in [5.74, 6) is 0.350. The molecule has 0 bridgehead atoms. The highest BCUT2D eigenvalue weighted by Gasteiger charge is 2.15. The molecule has 0 saturated carbocycles. The molecule has 4 nitrogen and oxygen atoms in total. The lowest BCUT2D eigenvalue weighted by molar-refractivity contribution is 0.417. The SMILES string of the molecule is CCn1nc(C)c(N)c1Oc1ccc(F)cc1Cl. The lowest BCUT2D eigenvalue weighted by Crippen LogP contribution is -2.01. The highest BCUT2D eigenvalue weighted by molar-refractivity contribution is 6.32. The van der Waals surface area contributed by atoms with Crippen LogP contribution < -0.4 is 10.5 Å². The van der Waals surface area contributed by atoms with E-state index in [9.17, 15) is 4.39 Å². The Bertz CT molecular complexity index is 583. The van der Waals surface area contributed by atoms with E-state index >= 15 is 0 Å². The third kappa shape index (κ3) is 2.26. The van der Waals surface area contributed by atoms with E-state index in [1.54, 1.807) is 11.6 Å². The van der Waals surface area contributed by atoms with E-state index in [4.69, 9.17) is 22.1 Å². The zero-order valence-electron chi connectivity index (χ0n) is 10.1. The minimum atomic E-state index is -0.416. The average Bonchev–Trinajstić information content (AvgIpc) is 2.60. The van der Waals surface area contributed by atoms with E-state index < -0.39 is 5.82 Å². The highest BCUT2D eigenvalue weighted by atomic mass is 35.5. The van der Waals surface area contributed by atoms with Gasteiger partial charge >= 0.3 is 0 Å². The number of hydrogen-bond donors (Lipinski definition) is 1. The maximum atomic E-state index is 12.9. The molecule has 6 heteroatoms. The van der Waals surface area contributed by atoms with Crippen molar-refractivity contribution in [3.05, 3.63) is 34.7 Å². The molecule has 1 aromatic carbocycles. The van der Waals surface area contributed by atoms with Crippen LogP contribution in [-0.2, 0) is 6.54 Å². The normalized spacial score (nSPS) is 10.7. The molecule has 0 amide bonds. The van der Waals surface area contributed by atoms with Crippen LogP contribution in [0.2, 0.25) is 5.02 Å². The second-order valence-corrected chi connectivity index (χ2v) is 4.20. The number of halogens is 2. The average molecular weight is 270 g/mol. The summed E-state index contributed by atoms with van der Waals surface area (Å²) in [4.78, 5) is 0. The van der Waals surface area contributed by atoms with Crippen molar-refractivity contribution >= 4 is 17.3 Å². The molecule has 0 aliphatic rings. The molecule has 2 aromatic rings. The summed E-state index contributed by atoms with van der Waals surface area (Å²) in [5.41, 5.74) is 7.02. The number of anilines is 1. The molecule has 0 aliphatic carbocycles. The van der Waals surface area contributed by atoms with Crippen molar-refractivity contribution in [3.63, 3.8) is 0 Å². The number of ether oxygens (including phenoxy) is 1. The van der Waals surface area contributed by atoms with E-state index in [2.05, 4.69) is 5.10 Å². The fourth-order valence-electron chi connectivity index (χ4n) is 1.56. The van der Waals surface area contributed by atoms with Gasteiger partial charge in [0.25, 0.3) is 0 Å². The lowest BCUT2D eigenvalue weighted by Gasteiger charge is -2.09. The summed E-state index contributed by atoms with van der Waals surface area (Å²) in [6.45, 7) is 4.33. The van der Waals surface area contributed by atoms with Crippen LogP contribution in [0.15, 0.2) is 18.2 Å². The van der Waals surface area contributed by atoms with Crippen molar-refractivity contribution < 1.29 is 9.13 Å². The zero-order chi connectivity index (χ0) is 13.3. The van der Waals surface area contributed by atoms with Crippen molar-refractivity contribution in [2.24, 2.45) is 0 Å². The fraction of sp³-hybridized carbons (Fsp3) is 0.250. The van der Waals surface area contributed by atoms with Gasteiger partial charge < -0.3 is 10.5 Å². The number of aryl methyl sites for hydroxylation is 2. The van der Waals surface area contributed by atoms with Crippen LogP contribution in [0.4, 0.5) is 10.1 Å². The van der Waals surface area contributed by atoms with Gasteiger partial charge in [-0.1, -0.05) is 11.6 Å². The number of rotatable bonds is 3. The van der Waals surface area contributed by atoms with Crippen LogP contribution in [-0.4, -0.2) is 9.78 Å². The highest BCUT2D eigenvalue weighted by Crippen LogP contribution is 2.34. The van der Waals surface area contributed by atoms with Crippen molar-refractivity contribution in [3.8, 4) is 11.6 Å². The van der Waals surface area contributed by atoms with E-state index in [0.717, 1.165) is 0 Å². The summed E-state index contributed by atoms with van der Waals surface area (Å²) >= 11 is 5.90. The van der Waals surface area contributed by atoms with Gasteiger partial charge in [-0.25, -0.2) is 9.07 Å². The summed E-state index contributed by atoms with van der Waals surface area (Å²) < 4.78 is 20.2. The Morgan fingerprint density at radius 3 is 2.83 bits per heavy atom. The Hall–Kier alpha value is -1.75. The molecule has 0 fully saturated rings. The first-order chi connectivity index (χ1) is 8.52. The van der Waals surface area contributed by atoms with Crippen molar-refractivity contribution in [2.75, 3.05) is 5.73 Å². The fourth-order valence-corrected chi connectivity index (χ4v) is 1.76. The number of benzene rings is 1. The molecule has 0 radical (unpaired) electrons.